The molecule has 0 saturated carbocycles. The number of Topliss-reactive ketones (excluding diaryl/α,β-unsaturated/α-hetero) is 1. The zero-order chi connectivity index (χ0) is 58.7. The van der Waals surface area contributed by atoms with Crippen LogP contribution in [0, 0.1) is 5.82 Å². The van der Waals surface area contributed by atoms with E-state index in [1.54, 1.807) is 122 Å². The van der Waals surface area contributed by atoms with Crippen molar-refractivity contribution in [1.82, 2.24) is 0 Å². The number of aryl methyl sites for hydroxylation is 6. The number of ketones is 1. The van der Waals surface area contributed by atoms with Crippen LogP contribution in [0.25, 0.3) is 0 Å². The average Bonchev–Trinajstić information content (AvgIpc) is 3.44. The Hall–Kier alpha value is -8.98. The molecule has 8 rings (SSSR count). The number of benzene rings is 8. The molecule has 0 aliphatic carbocycles. The minimum atomic E-state index is -3.80. The molecule has 0 unspecified atom stereocenters. The maximum atomic E-state index is 13.0. The smallest absolute Gasteiger partial charge is 0.335 e. The van der Waals surface area contributed by atoms with Crippen molar-refractivity contribution in [1.29, 1.82) is 0 Å². The van der Waals surface area contributed by atoms with Gasteiger partial charge in [-0.3, -0.25) is 19.0 Å². The zero-order valence-electron chi connectivity index (χ0n) is 44.0. The molecule has 0 radical (unpaired) electrons. The minimum Gasteiger partial charge on any atom is -0.478 e. The summed E-state index contributed by atoms with van der Waals surface area (Å²) in [7, 11) is -10.8. The van der Waals surface area contributed by atoms with Crippen LogP contribution in [0.3, 0.4) is 0 Å². The van der Waals surface area contributed by atoms with Crippen molar-refractivity contribution in [2.45, 2.75) is 62.2 Å². The number of sulfonamides is 3. The third-order valence-corrected chi connectivity index (χ3v) is 16.4. The number of carbonyl (C=O) groups excluding carboxylic acids is 1. The van der Waals surface area contributed by atoms with Crippen molar-refractivity contribution < 1.29 is 64.1 Å². The second-order valence-electron chi connectivity index (χ2n) is 18.4. The van der Waals surface area contributed by atoms with Crippen molar-refractivity contribution in [2.24, 2.45) is 0 Å². The van der Waals surface area contributed by atoms with Crippen molar-refractivity contribution in [3.63, 3.8) is 0 Å². The van der Waals surface area contributed by atoms with E-state index in [-0.39, 0.29) is 38.0 Å². The Labute approximate surface area is 470 Å². The maximum absolute atomic E-state index is 13.0. The van der Waals surface area contributed by atoms with E-state index < -0.39 is 53.8 Å². The Kier molecular flexibility index (Phi) is 21.4. The summed E-state index contributed by atoms with van der Waals surface area (Å²) in [6.45, 7) is 3.01. The van der Waals surface area contributed by atoms with Gasteiger partial charge in [0.1, 0.15) is 5.82 Å². The van der Waals surface area contributed by atoms with E-state index >= 15 is 0 Å². The number of carboxylic acids is 3. The number of hydrogen-bond donors (Lipinski definition) is 6. The summed E-state index contributed by atoms with van der Waals surface area (Å²) in [5.74, 6) is -3.46. The van der Waals surface area contributed by atoms with Crippen molar-refractivity contribution >= 4 is 70.8 Å². The van der Waals surface area contributed by atoms with E-state index in [2.05, 4.69) is 14.2 Å². The van der Waals surface area contributed by atoms with Gasteiger partial charge in [-0.1, -0.05) is 84.9 Å². The minimum absolute atomic E-state index is 0.0159. The molecule has 0 spiro atoms. The van der Waals surface area contributed by atoms with E-state index in [0.29, 0.717) is 48.3 Å². The zero-order valence-corrected chi connectivity index (χ0v) is 46.4. The van der Waals surface area contributed by atoms with Gasteiger partial charge in [0.2, 0.25) is 10.0 Å². The number of aromatic carboxylic acids is 3. The van der Waals surface area contributed by atoms with Crippen molar-refractivity contribution in [3.8, 4) is 0 Å². The van der Waals surface area contributed by atoms with Crippen molar-refractivity contribution in [3.05, 3.63) is 256 Å². The first kappa shape index (κ1) is 61.2. The molecule has 81 heavy (non-hydrogen) atoms. The van der Waals surface area contributed by atoms with Crippen LogP contribution in [-0.4, -0.2) is 70.0 Å². The molecule has 0 fully saturated rings. The molecule has 0 heterocycles. The van der Waals surface area contributed by atoms with Crippen LogP contribution in [0.15, 0.2) is 204 Å². The highest BCUT2D eigenvalue weighted by Crippen LogP contribution is 2.22. The molecule has 0 aliphatic heterocycles. The summed E-state index contributed by atoms with van der Waals surface area (Å²) in [6, 6.07) is 52.0. The third kappa shape index (κ3) is 19.4. The van der Waals surface area contributed by atoms with Crippen LogP contribution < -0.4 is 14.2 Å². The molecule has 6 N–H and O–H groups in total. The highest BCUT2D eigenvalue weighted by atomic mass is 32.2. The van der Waals surface area contributed by atoms with E-state index in [9.17, 15) is 48.8 Å². The Balaban J connectivity index is 0.000000197. The fourth-order valence-corrected chi connectivity index (χ4v) is 10.6. The first-order valence-corrected chi connectivity index (χ1v) is 29.8. The fourth-order valence-electron chi connectivity index (χ4n) is 7.84. The van der Waals surface area contributed by atoms with Gasteiger partial charge in [0.15, 0.2) is 5.78 Å². The van der Waals surface area contributed by atoms with Crippen molar-refractivity contribution in [2.75, 3.05) is 19.9 Å². The van der Waals surface area contributed by atoms with Crippen LogP contribution in [0.5, 0.6) is 0 Å². The quantitative estimate of drug-likeness (QED) is 0.0345. The van der Waals surface area contributed by atoms with E-state index in [0.717, 1.165) is 58.4 Å². The van der Waals surface area contributed by atoms with Gasteiger partial charge in [-0.25, -0.2) is 44.0 Å². The predicted octanol–water partition coefficient (Wildman–Crippen LogP) is 11.2. The van der Waals surface area contributed by atoms with Gasteiger partial charge in [-0.15, -0.1) is 0 Å². The average molecular weight is 1160 g/mol. The van der Waals surface area contributed by atoms with E-state index in [1.165, 1.54) is 43.3 Å². The Morgan fingerprint density at radius 3 is 0.963 bits per heavy atom. The lowest BCUT2D eigenvalue weighted by molar-refractivity contribution is 0.0686. The summed E-state index contributed by atoms with van der Waals surface area (Å²) in [6.07, 6.45) is 4.22. The summed E-state index contributed by atoms with van der Waals surface area (Å²) in [5.41, 5.74) is 8.55. The SMILES string of the molecule is CC(=O)c1ccc(S(=O)(=O)Nc2cccc(CCc3ccc(C(=O)O)cc3)c2)cc1.CCS(=O)(=O)Nc1cccc(CCc2ccc(C(=O)O)cc2)c1.O=C(O)c1ccc(CCc2cccc(NS(=O)(=O)c3ccc(F)cc3)c2)cc1. The number of anilines is 3. The van der Waals surface area contributed by atoms with Crippen LogP contribution in [-0.2, 0) is 68.6 Å². The van der Waals surface area contributed by atoms with E-state index in [1.807, 2.05) is 30.3 Å². The molecule has 0 aromatic heterocycles. The number of carboxylic acid groups (broad SMARTS) is 3. The van der Waals surface area contributed by atoms with Crippen LogP contribution in [0.1, 0.15) is 88.7 Å². The molecule has 420 valence electrons. The second-order valence-corrected chi connectivity index (χ2v) is 23.7. The molecule has 8 aromatic carbocycles. The highest BCUT2D eigenvalue weighted by molar-refractivity contribution is 7.93. The molecule has 20 heteroatoms. The molecular weight excluding hydrogens is 1100 g/mol. The standard InChI is InChI=1S/C23H21NO5S.C21H18FNO4S.C17H19NO4S/c1-16(25)19-11-13-22(14-12-19)30(28,29)24-21-4-2-3-18(15-21)6-5-17-7-9-20(10-8-17)23(26)27;22-18-10-12-20(13-11-18)28(26,27)23-19-3-1-2-16(14-19)5-4-15-6-8-17(9-7-15)21(24)25;1-2-23(21,22)18-16-5-3-4-14(12-16)7-6-13-8-10-15(11-9-13)17(19)20/h2-4,7-15,24H,5-6H2,1H3,(H,26,27);1-3,6-14,23H,4-5H2,(H,24,25);3-5,8-12,18H,2,6-7H2,1H3,(H,19,20). The molecule has 16 nitrogen and oxygen atoms in total. The summed E-state index contributed by atoms with van der Waals surface area (Å²) in [5, 5.41) is 26.8. The van der Waals surface area contributed by atoms with Crippen LogP contribution >= 0.6 is 0 Å². The topological polar surface area (TPSA) is 267 Å². The first-order valence-electron chi connectivity index (χ1n) is 25.1. The van der Waals surface area contributed by atoms with Gasteiger partial charge in [0.25, 0.3) is 20.0 Å². The summed E-state index contributed by atoms with van der Waals surface area (Å²) >= 11 is 0. The molecular formula is C61H58FN3O13S3. The maximum Gasteiger partial charge on any atom is 0.335 e. The van der Waals surface area contributed by atoms with Gasteiger partial charge in [-0.2, -0.15) is 0 Å². The lowest BCUT2D eigenvalue weighted by Crippen LogP contribution is -2.14. The Morgan fingerprint density at radius 2 is 0.667 bits per heavy atom. The molecule has 0 saturated heterocycles. The van der Waals surface area contributed by atoms with Crippen LogP contribution in [0.2, 0.25) is 0 Å². The van der Waals surface area contributed by atoms with Gasteiger partial charge in [0, 0.05) is 22.6 Å². The van der Waals surface area contributed by atoms with E-state index in [4.69, 9.17) is 15.3 Å². The lowest BCUT2D eigenvalue weighted by Gasteiger charge is -2.10. The molecule has 8 aromatic rings. The van der Waals surface area contributed by atoms with Crippen LogP contribution in [0.4, 0.5) is 21.5 Å². The highest BCUT2D eigenvalue weighted by Gasteiger charge is 2.17. The number of rotatable bonds is 22. The third-order valence-electron chi connectivity index (χ3n) is 12.3. The number of halogens is 1. The summed E-state index contributed by atoms with van der Waals surface area (Å²) in [4.78, 5) is 44.0. The molecule has 0 aliphatic rings. The van der Waals surface area contributed by atoms with Gasteiger partial charge < -0.3 is 15.3 Å². The lowest BCUT2D eigenvalue weighted by atomic mass is 10.0. The second kappa shape index (κ2) is 28.3. The van der Waals surface area contributed by atoms with Gasteiger partial charge >= 0.3 is 17.9 Å². The monoisotopic (exact) mass is 1160 g/mol. The molecule has 0 atom stereocenters. The normalized spacial score (nSPS) is 11.1. The summed E-state index contributed by atoms with van der Waals surface area (Å²) < 4.78 is 93.8. The number of hydrogen-bond acceptors (Lipinski definition) is 10. The Bertz CT molecular complexity index is 3820. The predicted molar refractivity (Wildman–Crippen MR) is 309 cm³/mol. The van der Waals surface area contributed by atoms with Gasteiger partial charge in [-0.05, 0) is 195 Å². The first-order chi connectivity index (χ1) is 38.5. The molecule has 0 bridgehead atoms. The largest absolute Gasteiger partial charge is 0.478 e. The number of carbonyl (C=O) groups is 4. The fraction of sp³-hybridized carbons (Fsp3) is 0.148. The number of nitrogens with one attached hydrogen (secondary N) is 3. The molecule has 0 amide bonds. The Morgan fingerprint density at radius 1 is 0.383 bits per heavy atom. The van der Waals surface area contributed by atoms with Gasteiger partial charge in [0.05, 0.1) is 32.2 Å².